The van der Waals surface area contributed by atoms with Crippen molar-refractivity contribution in [2.45, 2.75) is 6.18 Å². The van der Waals surface area contributed by atoms with Crippen LogP contribution in [0.5, 0.6) is 23.4 Å². The molecule has 3 aromatic rings. The highest BCUT2D eigenvalue weighted by molar-refractivity contribution is 9.10. The summed E-state index contributed by atoms with van der Waals surface area (Å²) in [6.07, 6.45) is -0.771. The van der Waals surface area contributed by atoms with Gasteiger partial charge in [-0.05, 0) is 33.6 Å². The van der Waals surface area contributed by atoms with Crippen molar-refractivity contribution in [2.24, 2.45) is 0 Å². The van der Waals surface area contributed by atoms with Crippen LogP contribution in [0.4, 0.5) is 19.0 Å². The topological polar surface area (TPSA) is 147 Å². The van der Waals surface area contributed by atoms with Crippen LogP contribution >= 0.6 is 15.9 Å². The summed E-state index contributed by atoms with van der Waals surface area (Å²) in [5.41, 5.74) is 0.397. The molecule has 0 amide bonds. The molecule has 1 aliphatic rings. The van der Waals surface area contributed by atoms with Crippen molar-refractivity contribution in [3.05, 3.63) is 41.4 Å². The van der Waals surface area contributed by atoms with Gasteiger partial charge in [0.2, 0.25) is 12.7 Å². The van der Waals surface area contributed by atoms with Gasteiger partial charge in [0, 0.05) is 12.4 Å². The first-order valence-corrected chi connectivity index (χ1v) is 12.2. The highest BCUT2D eigenvalue weighted by Crippen LogP contribution is 2.40. The van der Waals surface area contributed by atoms with E-state index >= 15 is 0 Å². The summed E-state index contributed by atoms with van der Waals surface area (Å²) in [5.74, 6) is 0.417. The van der Waals surface area contributed by atoms with E-state index in [0.717, 1.165) is 6.33 Å². The molecule has 1 aliphatic heterocycles. The molecule has 0 saturated heterocycles. The van der Waals surface area contributed by atoms with Crippen LogP contribution in [0.15, 0.2) is 41.4 Å². The van der Waals surface area contributed by atoms with Gasteiger partial charge < -0.3 is 18.9 Å². The normalized spacial score (nSPS) is 12.9. The van der Waals surface area contributed by atoms with Crippen molar-refractivity contribution in [3.63, 3.8) is 0 Å². The molecule has 0 radical (unpaired) electrons. The van der Waals surface area contributed by atoms with E-state index in [4.69, 9.17) is 18.9 Å². The predicted octanol–water partition coefficient (Wildman–Crippen LogP) is 2.69. The molecule has 12 nitrogen and oxygen atoms in total. The molecule has 0 atom stereocenters. The molecule has 0 fully saturated rings. The molecule has 1 aromatic carbocycles. The average Bonchev–Trinajstić information content (AvgIpc) is 3.29. The second kappa shape index (κ2) is 10.7. The fourth-order valence-electron chi connectivity index (χ4n) is 2.85. The maximum atomic E-state index is 12.5. The van der Waals surface area contributed by atoms with Crippen molar-refractivity contribution in [1.82, 2.24) is 24.7 Å². The molecule has 0 spiro atoms. The van der Waals surface area contributed by atoms with Crippen molar-refractivity contribution in [2.75, 3.05) is 31.3 Å². The summed E-state index contributed by atoms with van der Waals surface area (Å²) in [6, 6.07) is 4.76. The lowest BCUT2D eigenvalue weighted by atomic mass is 10.1. The van der Waals surface area contributed by atoms with E-state index in [1.54, 1.807) is 12.1 Å². The molecule has 0 aliphatic carbocycles. The minimum atomic E-state index is -4.76. The summed E-state index contributed by atoms with van der Waals surface area (Å²) in [7, 11) is -4.66. The lowest BCUT2D eigenvalue weighted by Gasteiger charge is -2.16. The van der Waals surface area contributed by atoms with Crippen LogP contribution in [0.2, 0.25) is 0 Å². The summed E-state index contributed by atoms with van der Waals surface area (Å²) in [5, 5.41) is 0. The predicted molar refractivity (Wildman–Crippen MR) is 121 cm³/mol. The fraction of sp³-hybridized carbons (Fsp3) is 0.263. The zero-order valence-corrected chi connectivity index (χ0v) is 20.4. The number of benzene rings is 1. The quantitative estimate of drug-likeness (QED) is 0.337. The number of rotatable bonds is 10. The number of ether oxygens (including phenoxy) is 4. The van der Waals surface area contributed by atoms with Crippen LogP contribution < -0.4 is 28.4 Å². The molecular formula is C19H16BrF3N6O6S. The van der Waals surface area contributed by atoms with E-state index in [2.05, 4.69) is 35.9 Å². The van der Waals surface area contributed by atoms with E-state index in [0.29, 0.717) is 21.5 Å². The van der Waals surface area contributed by atoms with Gasteiger partial charge in [-0.15, -0.1) is 0 Å². The number of fused-ring (bicyclic) bond motifs is 1. The highest BCUT2D eigenvalue weighted by Gasteiger charge is 2.30. The molecule has 2 aromatic heterocycles. The molecular weight excluding hydrogens is 577 g/mol. The lowest BCUT2D eigenvalue weighted by Crippen LogP contribution is -2.37. The monoisotopic (exact) mass is 592 g/mol. The van der Waals surface area contributed by atoms with Crippen LogP contribution in [0.1, 0.15) is 0 Å². The van der Waals surface area contributed by atoms with E-state index in [9.17, 15) is 21.6 Å². The Morgan fingerprint density at radius 1 is 1.03 bits per heavy atom. The summed E-state index contributed by atoms with van der Waals surface area (Å²) >= 11 is 3.21. The van der Waals surface area contributed by atoms with E-state index in [1.165, 1.54) is 23.2 Å². The molecule has 0 bridgehead atoms. The molecule has 192 valence electrons. The van der Waals surface area contributed by atoms with Gasteiger partial charge in [0.25, 0.3) is 0 Å². The van der Waals surface area contributed by atoms with E-state index in [-0.39, 0.29) is 43.3 Å². The summed E-state index contributed by atoms with van der Waals surface area (Å²) in [4.78, 5) is 15.9. The number of nitrogens with one attached hydrogen (secondary N) is 2. The number of nitrogens with zero attached hydrogens (tertiary/aromatic N) is 4. The van der Waals surface area contributed by atoms with Crippen molar-refractivity contribution in [1.29, 1.82) is 0 Å². The van der Waals surface area contributed by atoms with Gasteiger partial charge >= 0.3 is 22.4 Å². The first-order chi connectivity index (χ1) is 17.1. The van der Waals surface area contributed by atoms with Crippen LogP contribution in [-0.4, -0.2) is 61.1 Å². The fourth-order valence-corrected chi connectivity index (χ4v) is 3.89. The maximum absolute atomic E-state index is 12.5. The second-order valence-electron chi connectivity index (χ2n) is 6.89. The third-order valence-electron chi connectivity index (χ3n) is 4.32. The number of anilines is 1. The van der Waals surface area contributed by atoms with Gasteiger partial charge in [-0.3, -0.25) is 4.72 Å². The number of aromatic nitrogens is 4. The smallest absolute Gasteiger partial charge is 0.402 e. The van der Waals surface area contributed by atoms with Crippen molar-refractivity contribution >= 4 is 32.0 Å². The minimum absolute atomic E-state index is 0.000410. The molecule has 3 heterocycles. The Morgan fingerprint density at radius 3 is 2.50 bits per heavy atom. The van der Waals surface area contributed by atoms with Gasteiger partial charge in [-0.2, -0.15) is 26.3 Å². The second-order valence-corrected chi connectivity index (χ2v) is 9.31. The number of hydrogen-bond donors (Lipinski definition) is 2. The molecule has 0 unspecified atom stereocenters. The SMILES string of the molecule is O=S(=O)(NCC(F)(F)F)Nc1ncnc(OCCOc2ncc(Br)cn2)c1-c1ccc2c(c1)OCO2. The third kappa shape index (κ3) is 6.82. The lowest BCUT2D eigenvalue weighted by molar-refractivity contribution is -0.121. The highest BCUT2D eigenvalue weighted by atomic mass is 79.9. The number of halogens is 4. The van der Waals surface area contributed by atoms with Crippen molar-refractivity contribution in [3.8, 4) is 34.5 Å². The Balaban J connectivity index is 1.57. The standard InChI is InChI=1S/C19H16BrF3N6O6S/c20-12-6-24-18(25-7-12)33-4-3-32-17-15(11-1-2-13-14(5-11)35-10-34-13)16(26-9-27-17)29-36(30,31)28-8-19(21,22)23/h1-2,5-7,9,28H,3-4,8,10H2,(H,26,27,29). The molecule has 0 saturated carbocycles. The molecule has 17 heteroatoms. The van der Waals surface area contributed by atoms with Gasteiger partial charge in [-0.25, -0.2) is 19.9 Å². The third-order valence-corrected chi connectivity index (χ3v) is 5.71. The molecule has 2 N–H and O–H groups in total. The van der Waals surface area contributed by atoms with E-state index in [1.807, 2.05) is 4.72 Å². The van der Waals surface area contributed by atoms with E-state index < -0.39 is 22.9 Å². The summed E-state index contributed by atoms with van der Waals surface area (Å²) < 4.78 is 87.9. The maximum Gasteiger partial charge on any atom is 0.402 e. The van der Waals surface area contributed by atoms with Crippen LogP contribution in [0, 0.1) is 0 Å². The molecule has 36 heavy (non-hydrogen) atoms. The van der Waals surface area contributed by atoms with Gasteiger partial charge in [0.05, 0.1) is 10.0 Å². The molecule has 4 rings (SSSR count). The summed E-state index contributed by atoms with van der Waals surface area (Å²) in [6.45, 7) is -1.84. The van der Waals surface area contributed by atoms with Gasteiger partial charge in [0.1, 0.15) is 26.1 Å². The first kappa shape index (κ1) is 25.6. The average molecular weight is 593 g/mol. The Hall–Kier alpha value is -3.44. The number of alkyl halides is 3. The zero-order chi connectivity index (χ0) is 25.8. The largest absolute Gasteiger partial charge is 0.473 e. The van der Waals surface area contributed by atoms with Gasteiger partial charge in [-0.1, -0.05) is 6.07 Å². The van der Waals surface area contributed by atoms with Crippen LogP contribution in [0.25, 0.3) is 11.1 Å². The Kier molecular flexibility index (Phi) is 7.60. The van der Waals surface area contributed by atoms with Crippen molar-refractivity contribution < 1.29 is 40.5 Å². The van der Waals surface area contributed by atoms with Gasteiger partial charge in [0.15, 0.2) is 17.3 Å². The first-order valence-electron chi connectivity index (χ1n) is 9.92. The Morgan fingerprint density at radius 2 is 1.75 bits per heavy atom. The van der Waals surface area contributed by atoms with Crippen LogP contribution in [-0.2, 0) is 10.2 Å². The zero-order valence-electron chi connectivity index (χ0n) is 18.0. The Bertz CT molecular complexity index is 1330. The Labute approximate surface area is 210 Å². The number of hydrogen-bond acceptors (Lipinski definition) is 10. The van der Waals surface area contributed by atoms with Crippen LogP contribution in [0.3, 0.4) is 0 Å². The minimum Gasteiger partial charge on any atom is -0.473 e.